The van der Waals surface area contributed by atoms with Gasteiger partial charge in [-0.1, -0.05) is 134 Å². The number of hydrogen-bond acceptors (Lipinski definition) is 7. The molecule has 0 rings (SSSR count). The second-order valence-electron chi connectivity index (χ2n) is 14.9. The zero-order chi connectivity index (χ0) is 37.8. The van der Waals surface area contributed by atoms with Gasteiger partial charge in [0.15, 0.2) is 6.10 Å². The predicted molar refractivity (Wildman–Crippen MR) is 208 cm³/mol. The van der Waals surface area contributed by atoms with Crippen LogP contribution in [-0.4, -0.2) is 75.5 Å². The molecule has 0 aliphatic heterocycles. The minimum atomic E-state index is -1.13. The lowest BCUT2D eigenvalue weighted by Crippen LogP contribution is -2.55. The molecule has 0 aromatic heterocycles. The summed E-state index contributed by atoms with van der Waals surface area (Å²) >= 11 is 0. The smallest absolute Gasteiger partial charge is 0.306 e. The van der Waals surface area contributed by atoms with Crippen LogP contribution >= 0.6 is 0 Å². The fourth-order valence-corrected chi connectivity index (χ4v) is 5.78. The van der Waals surface area contributed by atoms with Gasteiger partial charge in [0.05, 0.1) is 40.3 Å². The van der Waals surface area contributed by atoms with Crippen molar-refractivity contribution in [2.24, 2.45) is 0 Å². The molecule has 0 aromatic rings. The predicted octanol–water partition coefficient (Wildman–Crippen LogP) is 9.35. The topological polar surface area (TPSA) is 102 Å². The molecule has 2 unspecified atom stereocenters. The minimum absolute atomic E-state index is 0.0245. The molecule has 0 bridgehead atoms. The Morgan fingerprint density at radius 2 is 1.08 bits per heavy atom. The van der Waals surface area contributed by atoms with E-state index in [1.165, 1.54) is 96.3 Å². The largest absolute Gasteiger partial charge is 0.544 e. The van der Waals surface area contributed by atoms with Gasteiger partial charge >= 0.3 is 11.9 Å². The average molecular weight is 720 g/mol. The van der Waals surface area contributed by atoms with Crippen LogP contribution in [-0.2, 0) is 28.6 Å². The van der Waals surface area contributed by atoms with Gasteiger partial charge in [0.25, 0.3) is 0 Å². The lowest BCUT2D eigenvalue weighted by Gasteiger charge is -2.34. The number of ether oxygens (including phenoxy) is 3. The molecule has 0 saturated carbocycles. The van der Waals surface area contributed by atoms with E-state index in [2.05, 4.69) is 44.2 Å². The molecule has 0 aliphatic rings. The molecule has 0 N–H and O–H groups in total. The number of allylic oxidation sites excluding steroid dienone is 6. The van der Waals surface area contributed by atoms with E-state index in [9.17, 15) is 19.5 Å². The summed E-state index contributed by atoms with van der Waals surface area (Å²) < 4.78 is 17.0. The fourth-order valence-electron chi connectivity index (χ4n) is 5.78. The van der Waals surface area contributed by atoms with Gasteiger partial charge in [-0.2, -0.15) is 0 Å². The summed E-state index contributed by atoms with van der Waals surface area (Å²) in [7, 11) is 5.38. The molecule has 8 nitrogen and oxygen atoms in total. The first-order valence-corrected chi connectivity index (χ1v) is 20.5. The number of carbonyl (C=O) groups is 3. The Kier molecular flexibility index (Phi) is 33.0. The van der Waals surface area contributed by atoms with E-state index in [0.29, 0.717) is 12.8 Å². The Hall–Kier alpha value is -2.45. The molecule has 296 valence electrons. The Labute approximate surface area is 313 Å². The van der Waals surface area contributed by atoms with Crippen molar-refractivity contribution in [2.45, 2.75) is 180 Å². The molecule has 8 heteroatoms. The van der Waals surface area contributed by atoms with Crippen molar-refractivity contribution in [3.05, 3.63) is 36.5 Å². The number of carboxylic acids is 1. The van der Waals surface area contributed by atoms with Crippen LogP contribution in [0.1, 0.15) is 168 Å². The van der Waals surface area contributed by atoms with E-state index in [1.807, 2.05) is 6.08 Å². The summed E-state index contributed by atoms with van der Waals surface area (Å²) in [6.07, 6.45) is 37.7. The third-order valence-corrected chi connectivity index (χ3v) is 9.04. The van der Waals surface area contributed by atoms with E-state index < -0.39 is 18.1 Å². The monoisotopic (exact) mass is 720 g/mol. The first-order valence-electron chi connectivity index (χ1n) is 20.5. The van der Waals surface area contributed by atoms with Crippen molar-refractivity contribution in [1.82, 2.24) is 0 Å². The third kappa shape index (κ3) is 33.2. The van der Waals surface area contributed by atoms with Gasteiger partial charge in [-0.05, 0) is 51.4 Å². The van der Waals surface area contributed by atoms with E-state index in [-0.39, 0.29) is 49.1 Å². The summed E-state index contributed by atoms with van der Waals surface area (Å²) in [4.78, 5) is 36.5. The second-order valence-corrected chi connectivity index (χ2v) is 14.9. The minimum Gasteiger partial charge on any atom is -0.544 e. The van der Waals surface area contributed by atoms with Crippen LogP contribution in [0, 0.1) is 0 Å². The molecule has 0 aromatic carbocycles. The number of likely N-dealkylation sites (N-methyl/N-ethyl adjacent to an activating group) is 1. The van der Waals surface area contributed by atoms with Crippen LogP contribution in [0.5, 0.6) is 0 Å². The van der Waals surface area contributed by atoms with Crippen molar-refractivity contribution >= 4 is 17.9 Å². The van der Waals surface area contributed by atoms with Gasteiger partial charge in [0.1, 0.15) is 12.6 Å². The Balaban J connectivity index is 4.22. The van der Waals surface area contributed by atoms with Crippen molar-refractivity contribution in [3.8, 4) is 0 Å². The van der Waals surface area contributed by atoms with Crippen molar-refractivity contribution < 1.29 is 38.2 Å². The lowest BCUT2D eigenvalue weighted by molar-refractivity contribution is -0.889. The molecular weight excluding hydrogens is 642 g/mol. The third-order valence-electron chi connectivity index (χ3n) is 9.04. The molecule has 0 spiro atoms. The van der Waals surface area contributed by atoms with E-state index in [0.717, 1.165) is 32.1 Å². The highest BCUT2D eigenvalue weighted by molar-refractivity contribution is 5.70. The summed E-state index contributed by atoms with van der Waals surface area (Å²) in [6.45, 7) is 4.52. The lowest BCUT2D eigenvalue weighted by atomic mass is 10.1. The highest BCUT2D eigenvalue weighted by atomic mass is 16.6. The standard InChI is InChI=1S/C43H77NO7/c1-6-8-10-12-14-15-16-17-18-19-20-21-22-23-24-25-26-28-29-31-33-41(45)50-38-39(37-49-36-35-40(43(47)48)44(3,4)5)51-42(46)34-32-30-27-13-11-9-7-2/h15-18,27,30,39-40H,6-14,19-26,28-29,31-38H2,1-5H3/b16-15+,18-17+,30-27+. The number of esters is 2. The number of quaternary nitrogens is 1. The Morgan fingerprint density at radius 3 is 1.65 bits per heavy atom. The van der Waals surface area contributed by atoms with Crippen LogP contribution in [0.4, 0.5) is 0 Å². The average Bonchev–Trinajstić information content (AvgIpc) is 3.08. The summed E-state index contributed by atoms with van der Waals surface area (Å²) in [5.74, 6) is -1.81. The number of nitrogens with zero attached hydrogens (tertiary/aromatic N) is 1. The van der Waals surface area contributed by atoms with Crippen LogP contribution in [0.2, 0.25) is 0 Å². The fraction of sp³-hybridized carbons (Fsp3) is 0.791. The van der Waals surface area contributed by atoms with Gasteiger partial charge in [0.2, 0.25) is 0 Å². The summed E-state index contributed by atoms with van der Waals surface area (Å²) in [6, 6.07) is -0.729. The molecule has 0 saturated heterocycles. The molecular formula is C43H77NO7. The van der Waals surface area contributed by atoms with E-state index >= 15 is 0 Å². The van der Waals surface area contributed by atoms with Gasteiger partial charge in [0, 0.05) is 19.3 Å². The van der Waals surface area contributed by atoms with E-state index in [4.69, 9.17) is 14.2 Å². The maximum absolute atomic E-state index is 12.5. The molecule has 0 aliphatic carbocycles. The highest BCUT2D eigenvalue weighted by Gasteiger charge is 2.25. The van der Waals surface area contributed by atoms with Crippen molar-refractivity contribution in [3.63, 3.8) is 0 Å². The van der Waals surface area contributed by atoms with Crippen LogP contribution in [0.3, 0.4) is 0 Å². The Morgan fingerprint density at radius 1 is 0.588 bits per heavy atom. The van der Waals surface area contributed by atoms with Crippen molar-refractivity contribution in [2.75, 3.05) is 41.0 Å². The van der Waals surface area contributed by atoms with Gasteiger partial charge < -0.3 is 28.6 Å². The first-order chi connectivity index (χ1) is 24.6. The van der Waals surface area contributed by atoms with Crippen LogP contribution < -0.4 is 5.11 Å². The number of unbranched alkanes of at least 4 members (excludes halogenated alkanes) is 17. The molecule has 2 atom stereocenters. The normalized spacial score (nSPS) is 13.4. The number of aliphatic carboxylic acids is 1. The number of hydrogen-bond donors (Lipinski definition) is 0. The highest BCUT2D eigenvalue weighted by Crippen LogP contribution is 2.13. The summed E-state index contributed by atoms with van der Waals surface area (Å²) in [5, 5.41) is 11.6. The van der Waals surface area contributed by atoms with Gasteiger partial charge in [-0.15, -0.1) is 0 Å². The molecule has 0 fully saturated rings. The zero-order valence-electron chi connectivity index (χ0n) is 33.5. The van der Waals surface area contributed by atoms with Gasteiger partial charge in [-0.3, -0.25) is 9.59 Å². The van der Waals surface area contributed by atoms with E-state index in [1.54, 1.807) is 21.1 Å². The van der Waals surface area contributed by atoms with Crippen LogP contribution in [0.15, 0.2) is 36.5 Å². The molecule has 0 radical (unpaired) electrons. The second kappa shape index (κ2) is 34.6. The molecule has 51 heavy (non-hydrogen) atoms. The Bertz CT molecular complexity index is 937. The molecule has 0 heterocycles. The maximum atomic E-state index is 12.5. The first kappa shape index (κ1) is 48.5. The maximum Gasteiger partial charge on any atom is 0.306 e. The van der Waals surface area contributed by atoms with Crippen LogP contribution in [0.25, 0.3) is 0 Å². The quantitative estimate of drug-likeness (QED) is 0.0209. The summed E-state index contributed by atoms with van der Waals surface area (Å²) in [5.41, 5.74) is 0. The van der Waals surface area contributed by atoms with Gasteiger partial charge in [-0.25, -0.2) is 0 Å². The SMILES string of the molecule is CCCCC/C=C/CCC(=O)OC(COCCC(C(=O)[O-])[N+](C)(C)C)COC(=O)CCCCCCCCCCCC/C=C/C=C/CCCCCC. The number of carbonyl (C=O) groups excluding carboxylic acids is 3. The van der Waals surface area contributed by atoms with Crippen molar-refractivity contribution in [1.29, 1.82) is 0 Å². The zero-order valence-corrected chi connectivity index (χ0v) is 33.5. The molecule has 0 amide bonds. The number of rotatable bonds is 36. The number of carboxylic acid groups (broad SMARTS) is 1.